The van der Waals surface area contributed by atoms with Crippen molar-refractivity contribution in [2.75, 3.05) is 26.3 Å². The number of nitrogens with zero attached hydrogens (tertiary/aromatic N) is 4. The lowest BCUT2D eigenvalue weighted by Crippen LogP contribution is -2.57. The molecule has 0 aliphatic carbocycles. The zero-order valence-electron chi connectivity index (χ0n) is 28.1. The number of amides is 1. The van der Waals surface area contributed by atoms with Crippen molar-refractivity contribution in [3.8, 4) is 22.8 Å². The van der Waals surface area contributed by atoms with Gasteiger partial charge in [-0.25, -0.2) is 22.0 Å². The van der Waals surface area contributed by atoms with E-state index in [-0.39, 0.29) is 49.1 Å². The Morgan fingerprint density at radius 2 is 1.80 bits per heavy atom. The molecule has 9 nitrogen and oxygen atoms in total. The predicted molar refractivity (Wildman–Crippen MR) is 179 cm³/mol. The first kappa shape index (κ1) is 36.1. The van der Waals surface area contributed by atoms with Gasteiger partial charge in [0.25, 0.3) is 17.9 Å². The zero-order chi connectivity index (χ0) is 36.2. The van der Waals surface area contributed by atoms with Gasteiger partial charge in [0.15, 0.2) is 0 Å². The number of rotatable bonds is 10. The van der Waals surface area contributed by atoms with Crippen LogP contribution in [0, 0.1) is 5.82 Å². The predicted octanol–water partition coefficient (Wildman–Crippen LogP) is 6.62. The maximum atomic E-state index is 15.7. The molecule has 0 saturated carbocycles. The number of pyridine rings is 1. The Morgan fingerprint density at radius 1 is 1.02 bits per heavy atom. The Balaban J connectivity index is 1.25. The van der Waals surface area contributed by atoms with Gasteiger partial charge in [0.1, 0.15) is 29.7 Å². The fourth-order valence-corrected chi connectivity index (χ4v) is 6.34. The van der Waals surface area contributed by atoms with Gasteiger partial charge < -0.3 is 19.4 Å². The van der Waals surface area contributed by atoms with Crippen molar-refractivity contribution < 1.29 is 36.2 Å². The summed E-state index contributed by atoms with van der Waals surface area (Å²) in [7, 11) is 0. The number of likely N-dealkylation sites (tertiary alicyclic amines) is 1. The van der Waals surface area contributed by atoms with Crippen molar-refractivity contribution in [2.24, 2.45) is 0 Å². The van der Waals surface area contributed by atoms with E-state index in [2.05, 4.69) is 15.5 Å². The third-order valence-corrected chi connectivity index (χ3v) is 9.26. The highest BCUT2D eigenvalue weighted by molar-refractivity contribution is 5.95. The van der Waals surface area contributed by atoms with Crippen LogP contribution in [0.15, 0.2) is 71.7 Å². The smallest absolute Gasteiger partial charge is 0.265 e. The maximum absolute atomic E-state index is 15.7. The molecule has 2 aliphatic heterocycles. The SMILES string of the molecule is CC(C)c1ccc(-c2ccc(Oc3cc(C(=O)NC4CCN(C5CCOCC5F)CC4F)c(F)cc3Cn3cc(C(F)F)ccc3=O)cc2)nn1. The summed E-state index contributed by atoms with van der Waals surface area (Å²) in [6.07, 6.45) is -4.02. The van der Waals surface area contributed by atoms with Crippen LogP contribution in [0.5, 0.6) is 11.5 Å². The van der Waals surface area contributed by atoms with Gasteiger partial charge in [0, 0.05) is 54.7 Å². The summed E-state index contributed by atoms with van der Waals surface area (Å²) in [6, 6.07) is 13.2. The molecule has 1 amide bonds. The third kappa shape index (κ3) is 8.45. The zero-order valence-corrected chi connectivity index (χ0v) is 28.1. The van der Waals surface area contributed by atoms with E-state index in [4.69, 9.17) is 9.47 Å². The monoisotopic (exact) mass is 711 g/mol. The quantitative estimate of drug-likeness (QED) is 0.185. The lowest BCUT2D eigenvalue weighted by Gasteiger charge is -2.42. The van der Waals surface area contributed by atoms with Crippen LogP contribution < -0.4 is 15.6 Å². The van der Waals surface area contributed by atoms with Crippen molar-refractivity contribution >= 4 is 5.91 Å². The largest absolute Gasteiger partial charge is 0.457 e. The summed E-state index contributed by atoms with van der Waals surface area (Å²) in [5, 5.41) is 11.1. The number of benzene rings is 2. The summed E-state index contributed by atoms with van der Waals surface area (Å²) in [6.45, 7) is 4.25. The maximum Gasteiger partial charge on any atom is 0.265 e. The fraction of sp³-hybridized carbons (Fsp3) is 0.405. The molecule has 2 saturated heterocycles. The van der Waals surface area contributed by atoms with Crippen molar-refractivity contribution in [3.05, 3.63) is 105 Å². The summed E-state index contributed by atoms with van der Waals surface area (Å²) >= 11 is 0. The molecular weight excluding hydrogens is 673 g/mol. The Bertz CT molecular complexity index is 1890. The second kappa shape index (κ2) is 15.7. The van der Waals surface area contributed by atoms with Crippen LogP contribution >= 0.6 is 0 Å². The van der Waals surface area contributed by atoms with Crippen LogP contribution in [-0.4, -0.2) is 76.3 Å². The van der Waals surface area contributed by atoms with E-state index in [0.29, 0.717) is 25.3 Å². The van der Waals surface area contributed by atoms with Gasteiger partial charge >= 0.3 is 0 Å². The second-order valence-corrected chi connectivity index (χ2v) is 13.1. The average molecular weight is 712 g/mol. The number of hydrogen-bond acceptors (Lipinski definition) is 7. The minimum absolute atomic E-state index is 0.0233. The summed E-state index contributed by atoms with van der Waals surface area (Å²) in [5.41, 5.74) is 0.845. The molecule has 4 atom stereocenters. The molecule has 14 heteroatoms. The summed E-state index contributed by atoms with van der Waals surface area (Å²) in [4.78, 5) is 27.7. The number of alkyl halides is 4. The van der Waals surface area contributed by atoms with Crippen LogP contribution in [0.3, 0.4) is 0 Å². The number of halogens is 5. The standard InChI is InChI=1S/C37H38F5N5O4/c1-21(2)30-8-9-31(45-44-30)22-3-6-25(7-4-22)51-34-16-26(27(38)15-24(34)18-47-17-23(36(41)42)5-10-35(47)48)37(49)43-32-11-13-46(19-28(32)39)33-12-14-50-20-29(33)40/h3-10,15-17,21,28-29,32-33,36H,11-14,18-20H2,1-2H3,(H,43,49). The first-order valence-corrected chi connectivity index (χ1v) is 16.8. The molecule has 4 aromatic rings. The lowest BCUT2D eigenvalue weighted by atomic mass is 9.97. The highest BCUT2D eigenvalue weighted by Gasteiger charge is 2.38. The average Bonchev–Trinajstić information content (AvgIpc) is 3.11. The van der Waals surface area contributed by atoms with Gasteiger partial charge in [-0.1, -0.05) is 13.8 Å². The van der Waals surface area contributed by atoms with Gasteiger partial charge in [-0.2, -0.15) is 10.2 Å². The van der Waals surface area contributed by atoms with Crippen molar-refractivity contribution in [1.82, 2.24) is 25.0 Å². The molecule has 2 aromatic heterocycles. The fourth-order valence-electron chi connectivity index (χ4n) is 6.34. The first-order chi connectivity index (χ1) is 24.5. The van der Waals surface area contributed by atoms with Gasteiger partial charge in [0.2, 0.25) is 0 Å². The van der Waals surface area contributed by atoms with Crippen molar-refractivity contribution in [1.29, 1.82) is 0 Å². The number of aromatic nitrogens is 3. The lowest BCUT2D eigenvalue weighted by molar-refractivity contribution is -0.0449. The number of hydrogen-bond donors (Lipinski definition) is 1. The van der Waals surface area contributed by atoms with Gasteiger partial charge in [0.05, 0.1) is 36.1 Å². The van der Waals surface area contributed by atoms with Crippen LogP contribution in [-0.2, 0) is 11.3 Å². The molecule has 2 fully saturated rings. The molecule has 1 N–H and O–H groups in total. The van der Waals surface area contributed by atoms with E-state index in [0.717, 1.165) is 46.3 Å². The number of ether oxygens (including phenoxy) is 2. The topological polar surface area (TPSA) is 98.6 Å². The number of piperidine rings is 1. The Kier molecular flexibility index (Phi) is 11.1. The molecular formula is C37H38F5N5O4. The van der Waals surface area contributed by atoms with E-state index in [1.807, 2.05) is 26.0 Å². The number of carbonyl (C=O) groups is 1. The molecule has 0 radical (unpaired) electrons. The van der Waals surface area contributed by atoms with Gasteiger partial charge in [-0.05, 0) is 73.4 Å². The Labute approximate surface area is 291 Å². The molecule has 2 aliphatic rings. The number of nitrogens with one attached hydrogen (secondary N) is 1. The van der Waals surface area contributed by atoms with Crippen molar-refractivity contribution in [2.45, 2.75) is 70.0 Å². The summed E-state index contributed by atoms with van der Waals surface area (Å²) < 4.78 is 84.6. The highest BCUT2D eigenvalue weighted by atomic mass is 19.3. The molecule has 6 rings (SSSR count). The second-order valence-electron chi connectivity index (χ2n) is 13.1. The minimum Gasteiger partial charge on any atom is -0.457 e. The molecule has 0 bridgehead atoms. The van der Waals surface area contributed by atoms with E-state index < -0.39 is 59.3 Å². The normalized spacial score (nSPS) is 21.2. The molecule has 270 valence electrons. The van der Waals surface area contributed by atoms with E-state index in [9.17, 15) is 22.8 Å². The van der Waals surface area contributed by atoms with Gasteiger partial charge in [-0.15, -0.1) is 0 Å². The van der Waals surface area contributed by atoms with E-state index >= 15 is 8.78 Å². The van der Waals surface area contributed by atoms with Crippen LogP contribution in [0.25, 0.3) is 11.3 Å². The molecule has 51 heavy (non-hydrogen) atoms. The van der Waals surface area contributed by atoms with Crippen molar-refractivity contribution in [3.63, 3.8) is 0 Å². The molecule has 0 spiro atoms. The van der Waals surface area contributed by atoms with Crippen LogP contribution in [0.4, 0.5) is 22.0 Å². The summed E-state index contributed by atoms with van der Waals surface area (Å²) in [5.74, 6) is -1.40. The minimum atomic E-state index is -2.85. The molecule has 4 unspecified atom stereocenters. The molecule has 4 heterocycles. The first-order valence-electron chi connectivity index (χ1n) is 16.8. The van der Waals surface area contributed by atoms with Crippen LogP contribution in [0.2, 0.25) is 0 Å². The van der Waals surface area contributed by atoms with Gasteiger partial charge in [-0.3, -0.25) is 14.5 Å². The Morgan fingerprint density at radius 3 is 2.47 bits per heavy atom. The third-order valence-electron chi connectivity index (χ3n) is 9.26. The number of carbonyl (C=O) groups excluding carboxylic acids is 1. The van der Waals surface area contributed by atoms with E-state index in [1.165, 1.54) is 0 Å². The molecule has 2 aromatic carbocycles. The van der Waals surface area contributed by atoms with E-state index in [1.54, 1.807) is 29.2 Å². The van der Waals surface area contributed by atoms with Crippen LogP contribution in [0.1, 0.15) is 66.2 Å². The highest BCUT2D eigenvalue weighted by Crippen LogP contribution is 2.32. The Hall–Kier alpha value is -4.69.